The molecule has 1 N–H and O–H groups in total. The van der Waals surface area contributed by atoms with Crippen molar-refractivity contribution in [3.8, 4) is 11.4 Å². The lowest BCUT2D eigenvalue weighted by molar-refractivity contribution is -0.137. The van der Waals surface area contributed by atoms with Crippen LogP contribution >= 0.6 is 0 Å². The predicted octanol–water partition coefficient (Wildman–Crippen LogP) is 4.01. The molecule has 1 amide bonds. The summed E-state index contributed by atoms with van der Waals surface area (Å²) in [4.78, 5) is 35.3. The van der Waals surface area contributed by atoms with E-state index in [1.54, 1.807) is 6.20 Å². The largest absolute Gasteiger partial charge is 0.481 e. The second-order valence-electron chi connectivity index (χ2n) is 7.48. The van der Waals surface area contributed by atoms with E-state index in [0.29, 0.717) is 30.8 Å². The van der Waals surface area contributed by atoms with Gasteiger partial charge in [0, 0.05) is 31.1 Å². The number of carbonyl (C=O) groups excluding carboxylic acids is 1. The van der Waals surface area contributed by atoms with Crippen molar-refractivity contribution in [3.05, 3.63) is 60.3 Å². The summed E-state index contributed by atoms with van der Waals surface area (Å²) in [6.07, 6.45) is 4.33. The van der Waals surface area contributed by atoms with E-state index < -0.39 is 5.97 Å². The van der Waals surface area contributed by atoms with Crippen LogP contribution in [0.3, 0.4) is 0 Å². The molecule has 3 aromatic rings. The van der Waals surface area contributed by atoms with Crippen LogP contribution in [0, 0.1) is 5.92 Å². The summed E-state index contributed by atoms with van der Waals surface area (Å²) >= 11 is 0. The van der Waals surface area contributed by atoms with Crippen LogP contribution in [-0.2, 0) is 4.79 Å². The van der Waals surface area contributed by atoms with Gasteiger partial charge in [-0.2, -0.15) is 0 Å². The van der Waals surface area contributed by atoms with Gasteiger partial charge < -0.3 is 10.0 Å². The number of benzene rings is 1. The van der Waals surface area contributed by atoms with E-state index >= 15 is 0 Å². The number of aliphatic carboxylic acids is 1. The Morgan fingerprint density at radius 1 is 1.10 bits per heavy atom. The van der Waals surface area contributed by atoms with Crippen molar-refractivity contribution in [3.63, 3.8) is 0 Å². The first kappa shape index (κ1) is 19.1. The lowest BCUT2D eigenvalue weighted by Gasteiger charge is -2.33. The highest BCUT2D eigenvalue weighted by molar-refractivity contribution is 6.07. The molecule has 0 spiro atoms. The Hall–Kier alpha value is -3.28. The highest BCUT2D eigenvalue weighted by Gasteiger charge is 2.26. The SMILES string of the molecule is O=C(O)CCC1CCCN(C(=O)c2cc(-c3ccccn3)nc3ccccc23)C1. The van der Waals surface area contributed by atoms with Crippen LogP contribution in [-0.4, -0.2) is 44.9 Å². The number of hydrogen-bond donors (Lipinski definition) is 1. The summed E-state index contributed by atoms with van der Waals surface area (Å²) in [5.74, 6) is -0.582. The van der Waals surface area contributed by atoms with Gasteiger partial charge in [-0.05, 0) is 49.4 Å². The Bertz CT molecular complexity index is 1040. The van der Waals surface area contributed by atoms with E-state index in [1.807, 2.05) is 53.4 Å². The van der Waals surface area contributed by atoms with Gasteiger partial charge in [-0.3, -0.25) is 14.6 Å². The molecular weight excluding hydrogens is 366 g/mol. The highest BCUT2D eigenvalue weighted by atomic mass is 16.4. The number of hydrogen-bond acceptors (Lipinski definition) is 4. The number of pyridine rings is 2. The van der Waals surface area contributed by atoms with E-state index in [1.165, 1.54) is 0 Å². The van der Waals surface area contributed by atoms with E-state index in [4.69, 9.17) is 10.1 Å². The van der Waals surface area contributed by atoms with Gasteiger partial charge in [-0.1, -0.05) is 24.3 Å². The smallest absolute Gasteiger partial charge is 0.303 e. The minimum absolute atomic E-state index is 0.0270. The Morgan fingerprint density at radius 3 is 2.72 bits per heavy atom. The van der Waals surface area contributed by atoms with Gasteiger partial charge in [-0.15, -0.1) is 0 Å². The van der Waals surface area contributed by atoms with Gasteiger partial charge in [0.25, 0.3) is 5.91 Å². The average molecular weight is 389 g/mol. The molecule has 29 heavy (non-hydrogen) atoms. The maximum atomic E-state index is 13.4. The van der Waals surface area contributed by atoms with Gasteiger partial charge in [-0.25, -0.2) is 4.98 Å². The molecule has 6 heteroatoms. The molecular formula is C23H23N3O3. The molecule has 1 aromatic carbocycles. The average Bonchev–Trinajstić information content (AvgIpc) is 2.77. The van der Waals surface area contributed by atoms with Gasteiger partial charge in [0.1, 0.15) is 0 Å². The Balaban J connectivity index is 1.67. The van der Waals surface area contributed by atoms with Crippen LogP contribution in [0.1, 0.15) is 36.0 Å². The van der Waals surface area contributed by atoms with Crippen LogP contribution in [0.2, 0.25) is 0 Å². The van der Waals surface area contributed by atoms with Gasteiger partial charge in [0.2, 0.25) is 0 Å². The molecule has 0 bridgehead atoms. The number of para-hydroxylation sites is 1. The molecule has 3 heterocycles. The van der Waals surface area contributed by atoms with Crippen molar-refractivity contribution in [1.29, 1.82) is 0 Å². The van der Waals surface area contributed by atoms with Gasteiger partial charge in [0.15, 0.2) is 0 Å². The molecule has 148 valence electrons. The molecule has 1 unspecified atom stereocenters. The molecule has 0 saturated carbocycles. The fourth-order valence-electron chi connectivity index (χ4n) is 3.98. The zero-order valence-electron chi connectivity index (χ0n) is 16.1. The standard InChI is InChI=1S/C23H23N3O3/c27-22(28)11-10-16-6-5-13-26(15-16)23(29)18-14-21(20-9-3-4-12-24-20)25-19-8-2-1-7-17(18)19/h1-4,7-9,12,14,16H,5-6,10-11,13,15H2,(H,27,28). The molecule has 1 fully saturated rings. The summed E-state index contributed by atoms with van der Waals surface area (Å²) in [5.41, 5.74) is 2.78. The van der Waals surface area contributed by atoms with Crippen LogP contribution in [0.15, 0.2) is 54.7 Å². The second-order valence-corrected chi connectivity index (χ2v) is 7.48. The summed E-state index contributed by atoms with van der Waals surface area (Å²) in [6.45, 7) is 1.29. The highest BCUT2D eigenvalue weighted by Crippen LogP contribution is 2.27. The zero-order valence-corrected chi connectivity index (χ0v) is 16.1. The van der Waals surface area contributed by atoms with Crippen LogP contribution < -0.4 is 0 Å². The van der Waals surface area contributed by atoms with Crippen LogP contribution in [0.5, 0.6) is 0 Å². The minimum Gasteiger partial charge on any atom is -0.481 e. The lowest BCUT2D eigenvalue weighted by atomic mass is 9.92. The number of piperidine rings is 1. The number of fused-ring (bicyclic) bond motifs is 1. The molecule has 2 aromatic heterocycles. The quantitative estimate of drug-likeness (QED) is 0.713. The number of carbonyl (C=O) groups is 2. The van der Waals surface area contributed by atoms with E-state index in [9.17, 15) is 9.59 Å². The number of rotatable bonds is 5. The first-order valence-electron chi connectivity index (χ1n) is 9.94. The Labute approximate surface area is 169 Å². The van der Waals surface area contributed by atoms with Crippen molar-refractivity contribution in [2.75, 3.05) is 13.1 Å². The first-order chi connectivity index (χ1) is 14.1. The van der Waals surface area contributed by atoms with Crippen LogP contribution in [0.25, 0.3) is 22.3 Å². The van der Waals surface area contributed by atoms with E-state index in [-0.39, 0.29) is 18.2 Å². The molecule has 4 rings (SSSR count). The summed E-state index contributed by atoms with van der Waals surface area (Å²) in [7, 11) is 0. The van der Waals surface area contributed by atoms with Crippen molar-refractivity contribution < 1.29 is 14.7 Å². The minimum atomic E-state index is -0.784. The number of nitrogens with zero attached hydrogens (tertiary/aromatic N) is 3. The van der Waals surface area contributed by atoms with Crippen molar-refractivity contribution in [1.82, 2.24) is 14.9 Å². The maximum absolute atomic E-state index is 13.4. The summed E-state index contributed by atoms with van der Waals surface area (Å²) in [5, 5.41) is 9.78. The lowest BCUT2D eigenvalue weighted by Crippen LogP contribution is -2.40. The Kier molecular flexibility index (Phi) is 5.51. The predicted molar refractivity (Wildman–Crippen MR) is 110 cm³/mol. The molecule has 1 aliphatic heterocycles. The van der Waals surface area contributed by atoms with E-state index in [0.717, 1.165) is 29.4 Å². The number of carboxylic acids is 1. The first-order valence-corrected chi connectivity index (χ1v) is 9.94. The fourth-order valence-corrected chi connectivity index (χ4v) is 3.98. The topological polar surface area (TPSA) is 83.4 Å². The fraction of sp³-hybridized carbons (Fsp3) is 0.304. The van der Waals surface area contributed by atoms with Crippen molar-refractivity contribution in [2.24, 2.45) is 5.92 Å². The number of amides is 1. The summed E-state index contributed by atoms with van der Waals surface area (Å²) < 4.78 is 0. The van der Waals surface area contributed by atoms with Crippen molar-refractivity contribution in [2.45, 2.75) is 25.7 Å². The second kappa shape index (κ2) is 8.39. The normalized spacial score (nSPS) is 16.7. The van der Waals surface area contributed by atoms with E-state index in [2.05, 4.69) is 4.98 Å². The molecule has 1 aliphatic rings. The third-order valence-electron chi connectivity index (χ3n) is 5.45. The van der Waals surface area contributed by atoms with Gasteiger partial charge >= 0.3 is 5.97 Å². The zero-order chi connectivity index (χ0) is 20.2. The van der Waals surface area contributed by atoms with Crippen LogP contribution in [0.4, 0.5) is 0 Å². The number of likely N-dealkylation sites (tertiary alicyclic amines) is 1. The van der Waals surface area contributed by atoms with Gasteiger partial charge in [0.05, 0.1) is 22.5 Å². The summed E-state index contributed by atoms with van der Waals surface area (Å²) in [6, 6.07) is 15.1. The molecule has 1 saturated heterocycles. The number of carboxylic acid groups (broad SMARTS) is 1. The molecule has 1 atom stereocenters. The molecule has 0 aliphatic carbocycles. The third-order valence-corrected chi connectivity index (χ3v) is 5.45. The maximum Gasteiger partial charge on any atom is 0.303 e. The third kappa shape index (κ3) is 4.26. The molecule has 0 radical (unpaired) electrons. The number of aromatic nitrogens is 2. The Morgan fingerprint density at radius 2 is 1.93 bits per heavy atom. The molecule has 6 nitrogen and oxygen atoms in total. The van der Waals surface area contributed by atoms with Crippen molar-refractivity contribution >= 4 is 22.8 Å². The monoisotopic (exact) mass is 389 g/mol.